The Bertz CT molecular complexity index is 959. The summed E-state index contributed by atoms with van der Waals surface area (Å²) in [6.45, 7) is 4.22. The third-order valence-corrected chi connectivity index (χ3v) is 4.94. The summed E-state index contributed by atoms with van der Waals surface area (Å²) in [4.78, 5) is 8.67. The Morgan fingerprint density at radius 1 is 1.11 bits per heavy atom. The van der Waals surface area contributed by atoms with Crippen LogP contribution in [0.4, 0.5) is 4.39 Å². The second kappa shape index (κ2) is 6.87. The average Bonchev–Trinajstić information content (AvgIpc) is 2.65. The summed E-state index contributed by atoms with van der Waals surface area (Å²) < 4.78 is 19.1. The van der Waals surface area contributed by atoms with Gasteiger partial charge < -0.3 is 15.2 Å². The average molecular weight is 366 g/mol. The molecule has 0 spiro atoms. The second-order valence-electron chi connectivity index (χ2n) is 7.31. The van der Waals surface area contributed by atoms with E-state index in [1.54, 1.807) is 24.5 Å². The Kier molecular flexibility index (Phi) is 4.53. The first-order valence-electron chi connectivity index (χ1n) is 8.97. The molecule has 0 saturated heterocycles. The van der Waals surface area contributed by atoms with E-state index in [1.807, 2.05) is 26.0 Å². The molecule has 140 valence electrons. The molecule has 27 heavy (non-hydrogen) atoms. The number of rotatable bonds is 4. The first-order chi connectivity index (χ1) is 12.9. The Hall–Kier alpha value is -2.57. The highest BCUT2D eigenvalue weighted by molar-refractivity contribution is 5.78. The fraction of sp³-hybridized carbons (Fsp3) is 0.333. The van der Waals surface area contributed by atoms with Crippen LogP contribution in [0.15, 0.2) is 48.8 Å². The number of fused-ring (bicyclic) bond motifs is 2. The van der Waals surface area contributed by atoms with E-state index in [0.717, 1.165) is 22.2 Å². The number of halogens is 1. The van der Waals surface area contributed by atoms with Crippen molar-refractivity contribution in [2.24, 2.45) is 0 Å². The molecule has 6 heteroatoms. The maximum Gasteiger partial charge on any atom is 0.128 e. The zero-order valence-corrected chi connectivity index (χ0v) is 15.3. The molecule has 0 saturated carbocycles. The van der Waals surface area contributed by atoms with Crippen molar-refractivity contribution < 1.29 is 14.2 Å². The molecule has 2 heterocycles. The Morgan fingerprint density at radius 2 is 1.78 bits per heavy atom. The van der Waals surface area contributed by atoms with Crippen LogP contribution in [0.1, 0.15) is 31.0 Å². The highest BCUT2D eigenvalue weighted by Gasteiger charge is 2.38. The van der Waals surface area contributed by atoms with Gasteiger partial charge in [0.25, 0.3) is 0 Å². The molecular formula is C21H21FN3O2-. The number of aliphatic hydroxyl groups excluding tert-OH is 1. The van der Waals surface area contributed by atoms with Gasteiger partial charge in [-0.05, 0) is 49.6 Å². The minimum absolute atomic E-state index is 0.251. The van der Waals surface area contributed by atoms with E-state index >= 15 is 0 Å². The molecule has 3 aromatic rings. The minimum atomic E-state index is -0.785. The van der Waals surface area contributed by atoms with Crippen molar-refractivity contribution in [1.82, 2.24) is 9.97 Å². The fourth-order valence-corrected chi connectivity index (χ4v) is 3.40. The van der Waals surface area contributed by atoms with E-state index < -0.39 is 17.7 Å². The smallest absolute Gasteiger partial charge is 0.128 e. The molecule has 5 nitrogen and oxygen atoms in total. The lowest BCUT2D eigenvalue weighted by molar-refractivity contribution is -0.0518. The second-order valence-corrected chi connectivity index (χ2v) is 7.31. The Labute approximate surface area is 157 Å². The topological polar surface area (TPSA) is 69.3 Å². The molecule has 0 fully saturated rings. The number of aromatic nitrogens is 2. The van der Waals surface area contributed by atoms with Crippen molar-refractivity contribution in [2.75, 3.05) is 6.54 Å². The van der Waals surface area contributed by atoms with Crippen molar-refractivity contribution in [3.05, 3.63) is 71.1 Å². The molecule has 1 N–H and O–H groups in total. The van der Waals surface area contributed by atoms with Gasteiger partial charge in [-0.25, -0.2) is 4.39 Å². The van der Waals surface area contributed by atoms with Gasteiger partial charge in [0, 0.05) is 18.5 Å². The first kappa shape index (κ1) is 17.8. The molecule has 1 aromatic heterocycles. The van der Waals surface area contributed by atoms with Gasteiger partial charge in [0.1, 0.15) is 17.2 Å². The molecule has 0 bridgehead atoms. The number of benzene rings is 2. The molecule has 0 radical (unpaired) electrons. The number of ether oxygens (including phenoxy) is 1. The molecule has 4 rings (SSSR count). The van der Waals surface area contributed by atoms with Crippen molar-refractivity contribution in [3.8, 4) is 5.75 Å². The quantitative estimate of drug-likeness (QED) is 0.759. The van der Waals surface area contributed by atoms with E-state index in [1.165, 1.54) is 12.1 Å². The van der Waals surface area contributed by atoms with Gasteiger partial charge >= 0.3 is 0 Å². The molecular weight excluding hydrogens is 345 g/mol. The number of aliphatic hydroxyl groups is 1. The zero-order chi connectivity index (χ0) is 19.0. The highest BCUT2D eigenvalue weighted by atomic mass is 19.1. The summed E-state index contributed by atoms with van der Waals surface area (Å²) in [5, 5.41) is 15.6. The van der Waals surface area contributed by atoms with Gasteiger partial charge in [-0.15, -0.1) is 6.54 Å². The third kappa shape index (κ3) is 3.50. The Morgan fingerprint density at radius 3 is 2.48 bits per heavy atom. The van der Waals surface area contributed by atoms with E-state index in [-0.39, 0.29) is 5.82 Å². The summed E-state index contributed by atoms with van der Waals surface area (Å²) in [5.41, 5.74) is 2.53. The maximum absolute atomic E-state index is 13.0. The SMILES string of the molecule is CC1(C)Oc2cc3nccnc3cc2C([N-]CCc2ccc(F)cc2)[C@H]1O. The molecule has 1 aliphatic rings. The van der Waals surface area contributed by atoms with Crippen molar-refractivity contribution in [2.45, 2.75) is 38.0 Å². The number of nitrogens with zero attached hydrogens (tertiary/aromatic N) is 3. The van der Waals surface area contributed by atoms with E-state index in [9.17, 15) is 9.50 Å². The van der Waals surface area contributed by atoms with Crippen LogP contribution >= 0.6 is 0 Å². The lowest BCUT2D eigenvalue weighted by Crippen LogP contribution is -2.48. The molecule has 0 amide bonds. The fourth-order valence-electron chi connectivity index (χ4n) is 3.40. The predicted molar refractivity (Wildman–Crippen MR) is 101 cm³/mol. The van der Waals surface area contributed by atoms with Gasteiger partial charge in [-0.2, -0.15) is 0 Å². The first-order valence-corrected chi connectivity index (χ1v) is 8.97. The van der Waals surface area contributed by atoms with Gasteiger partial charge in [-0.3, -0.25) is 9.97 Å². The largest absolute Gasteiger partial charge is 0.653 e. The van der Waals surface area contributed by atoms with E-state index in [2.05, 4.69) is 9.97 Å². The molecule has 0 aliphatic carbocycles. The van der Waals surface area contributed by atoms with E-state index in [4.69, 9.17) is 10.1 Å². The van der Waals surface area contributed by atoms with E-state index in [0.29, 0.717) is 18.7 Å². The van der Waals surface area contributed by atoms with Gasteiger partial charge in [0.05, 0.1) is 17.1 Å². The molecule has 2 atom stereocenters. The third-order valence-electron chi connectivity index (χ3n) is 4.94. The minimum Gasteiger partial charge on any atom is -0.653 e. The van der Waals surface area contributed by atoms with Crippen LogP contribution in [0.3, 0.4) is 0 Å². The lowest BCUT2D eigenvalue weighted by atomic mass is 9.86. The highest BCUT2D eigenvalue weighted by Crippen LogP contribution is 2.44. The van der Waals surface area contributed by atoms with Gasteiger partial charge in [-0.1, -0.05) is 18.2 Å². The predicted octanol–water partition coefficient (Wildman–Crippen LogP) is 3.96. The van der Waals surface area contributed by atoms with Crippen LogP contribution in [0.5, 0.6) is 5.75 Å². The Balaban J connectivity index is 1.60. The van der Waals surface area contributed by atoms with Crippen LogP contribution in [0.25, 0.3) is 16.4 Å². The van der Waals surface area contributed by atoms with Crippen molar-refractivity contribution in [1.29, 1.82) is 0 Å². The lowest BCUT2D eigenvalue weighted by Gasteiger charge is -2.48. The molecule has 1 aliphatic heterocycles. The van der Waals surface area contributed by atoms with Crippen LogP contribution in [0, 0.1) is 5.82 Å². The number of hydrogen-bond donors (Lipinski definition) is 1. The summed E-state index contributed by atoms with van der Waals surface area (Å²) in [6, 6.07) is 9.73. The monoisotopic (exact) mass is 366 g/mol. The van der Waals surface area contributed by atoms with Gasteiger partial charge in [0.2, 0.25) is 0 Å². The molecule has 2 aromatic carbocycles. The van der Waals surface area contributed by atoms with Gasteiger partial charge in [0.15, 0.2) is 0 Å². The van der Waals surface area contributed by atoms with Crippen LogP contribution in [0.2, 0.25) is 0 Å². The summed E-state index contributed by atoms with van der Waals surface area (Å²) in [6.07, 6.45) is 3.17. The number of hydrogen-bond acceptors (Lipinski definition) is 4. The standard InChI is InChI=1S/C21H21FN3O2/c1-21(2)20(26)19(25-8-7-13-3-5-14(22)6-4-13)15-11-16-17(12-18(15)27-21)24-10-9-23-16/h3-6,9-12,19-20,26H,7-8H2,1-2H3/q-1/t19?,20-/m1/s1. The summed E-state index contributed by atoms with van der Waals surface area (Å²) >= 11 is 0. The zero-order valence-electron chi connectivity index (χ0n) is 15.3. The summed E-state index contributed by atoms with van der Waals surface area (Å²) in [5.74, 6) is 0.424. The maximum atomic E-state index is 13.0. The van der Waals surface area contributed by atoms with Crippen LogP contribution in [-0.4, -0.2) is 33.3 Å². The van der Waals surface area contributed by atoms with Crippen LogP contribution < -0.4 is 4.74 Å². The van der Waals surface area contributed by atoms with Crippen molar-refractivity contribution >= 4 is 11.0 Å². The van der Waals surface area contributed by atoms with Crippen LogP contribution in [-0.2, 0) is 6.42 Å². The summed E-state index contributed by atoms with van der Waals surface area (Å²) in [7, 11) is 0. The van der Waals surface area contributed by atoms with Crippen molar-refractivity contribution in [3.63, 3.8) is 0 Å². The normalized spacial score (nSPS) is 20.9. The molecule has 1 unspecified atom stereocenters.